The maximum absolute atomic E-state index is 13.0. The number of piperidine rings is 1. The molecule has 0 radical (unpaired) electrons. The number of hydrogen-bond acceptors (Lipinski definition) is 4. The fraction of sp³-hybridized carbons (Fsp3) is 0.478. The molecule has 1 aromatic heterocycles. The van der Waals surface area contributed by atoms with Crippen LogP contribution in [-0.4, -0.2) is 52.2 Å². The first kappa shape index (κ1) is 22.5. The van der Waals surface area contributed by atoms with Crippen LogP contribution < -0.4 is 15.1 Å². The number of anilines is 1. The number of ether oxygens (including phenoxy) is 1. The van der Waals surface area contributed by atoms with E-state index in [1.807, 2.05) is 30.3 Å². The van der Waals surface area contributed by atoms with Crippen LogP contribution in [0.5, 0.6) is 0 Å². The Balaban J connectivity index is 1.97. The third-order valence-corrected chi connectivity index (χ3v) is 6.37. The van der Waals surface area contributed by atoms with E-state index >= 15 is 0 Å². The highest BCUT2D eigenvalue weighted by Crippen LogP contribution is 2.40. The number of benzene rings is 1. The molecule has 0 bridgehead atoms. The molecule has 0 unspecified atom stereocenters. The molecule has 0 atom stereocenters. The van der Waals surface area contributed by atoms with Gasteiger partial charge in [0.15, 0.2) is 6.54 Å². The zero-order valence-corrected chi connectivity index (χ0v) is 19.0. The summed E-state index contributed by atoms with van der Waals surface area (Å²) in [7, 11) is 4.16. The molecule has 2 heterocycles. The summed E-state index contributed by atoms with van der Waals surface area (Å²) in [5, 5.41) is 3.65. The summed E-state index contributed by atoms with van der Waals surface area (Å²) in [6.45, 7) is 5.36. The number of nitrogens with one attached hydrogen (secondary N) is 3. The number of carbonyl (C=O) groups excluding carboxylic acids is 2. The van der Waals surface area contributed by atoms with Gasteiger partial charge in [-0.25, -0.2) is 4.79 Å². The zero-order chi connectivity index (χ0) is 21.5. The lowest BCUT2D eigenvalue weighted by Crippen LogP contribution is -3.13. The van der Waals surface area contributed by atoms with Gasteiger partial charge >= 0.3 is 5.97 Å². The number of thiophene rings is 1. The Morgan fingerprint density at radius 1 is 1.13 bits per heavy atom. The van der Waals surface area contributed by atoms with Gasteiger partial charge in [-0.3, -0.25) is 4.79 Å². The third kappa shape index (κ3) is 5.68. The summed E-state index contributed by atoms with van der Waals surface area (Å²) >= 11 is 1.49. The highest BCUT2D eigenvalue weighted by Gasteiger charge is 2.28. The SMILES string of the molecule is CCOC(=O)c1c(NC(=O)C[NH+]2CCCCC2)sc(C[NH+](C)C)c1-c1ccccc1. The Morgan fingerprint density at radius 2 is 1.83 bits per heavy atom. The van der Waals surface area contributed by atoms with Gasteiger partial charge in [-0.2, -0.15) is 0 Å². The normalized spacial score (nSPS) is 14.7. The molecule has 0 aliphatic carbocycles. The number of carbonyl (C=O) groups is 2. The molecule has 0 saturated carbocycles. The van der Waals surface area contributed by atoms with E-state index < -0.39 is 0 Å². The van der Waals surface area contributed by atoms with E-state index in [4.69, 9.17) is 4.74 Å². The van der Waals surface area contributed by atoms with E-state index in [0.29, 0.717) is 23.7 Å². The maximum Gasteiger partial charge on any atom is 0.341 e. The van der Waals surface area contributed by atoms with Crippen LogP contribution in [0.4, 0.5) is 5.00 Å². The van der Waals surface area contributed by atoms with Crippen LogP contribution in [0, 0.1) is 0 Å². The minimum atomic E-state index is -0.381. The lowest BCUT2D eigenvalue weighted by Gasteiger charge is -2.22. The summed E-state index contributed by atoms with van der Waals surface area (Å²) < 4.78 is 5.39. The molecule has 1 aliphatic rings. The summed E-state index contributed by atoms with van der Waals surface area (Å²) in [5.74, 6) is -0.421. The van der Waals surface area contributed by atoms with Gasteiger partial charge < -0.3 is 19.9 Å². The third-order valence-electron chi connectivity index (χ3n) is 5.26. The summed E-state index contributed by atoms with van der Waals surface area (Å²) in [5.41, 5.74) is 2.32. The minimum absolute atomic E-state index is 0.0398. The van der Waals surface area contributed by atoms with Gasteiger partial charge in [0.05, 0.1) is 38.7 Å². The Labute approximate surface area is 182 Å². The van der Waals surface area contributed by atoms with Crippen molar-refractivity contribution in [1.29, 1.82) is 0 Å². The molecule has 1 aromatic carbocycles. The molecule has 1 aliphatic heterocycles. The molecule has 162 valence electrons. The van der Waals surface area contributed by atoms with Gasteiger partial charge in [-0.15, -0.1) is 11.3 Å². The lowest BCUT2D eigenvalue weighted by molar-refractivity contribution is -0.896. The van der Waals surface area contributed by atoms with Gasteiger partial charge in [0, 0.05) is 5.56 Å². The molecule has 0 spiro atoms. The molecule has 1 amide bonds. The van der Waals surface area contributed by atoms with Crippen molar-refractivity contribution in [3.63, 3.8) is 0 Å². The van der Waals surface area contributed by atoms with Crippen molar-refractivity contribution in [2.75, 3.05) is 45.7 Å². The first-order valence-corrected chi connectivity index (χ1v) is 11.6. The van der Waals surface area contributed by atoms with Crippen LogP contribution in [0.3, 0.4) is 0 Å². The van der Waals surface area contributed by atoms with E-state index in [1.54, 1.807) is 6.92 Å². The quantitative estimate of drug-likeness (QED) is 0.551. The second-order valence-corrected chi connectivity index (χ2v) is 9.22. The molecule has 6 nitrogen and oxygen atoms in total. The molecule has 3 rings (SSSR count). The highest BCUT2D eigenvalue weighted by atomic mass is 32.1. The maximum atomic E-state index is 13.0. The topological polar surface area (TPSA) is 64.3 Å². The second-order valence-electron chi connectivity index (χ2n) is 8.11. The number of hydrogen-bond donors (Lipinski definition) is 3. The average Bonchev–Trinajstić information content (AvgIpc) is 3.06. The molecule has 1 fully saturated rings. The number of amides is 1. The average molecular weight is 432 g/mol. The molecule has 7 heteroatoms. The monoisotopic (exact) mass is 431 g/mol. The van der Waals surface area contributed by atoms with Crippen molar-refractivity contribution in [1.82, 2.24) is 0 Å². The molecule has 3 N–H and O–H groups in total. The van der Waals surface area contributed by atoms with E-state index in [1.165, 1.54) is 40.4 Å². The van der Waals surface area contributed by atoms with Crippen LogP contribution in [0.2, 0.25) is 0 Å². The summed E-state index contributed by atoms with van der Waals surface area (Å²) in [6, 6.07) is 9.89. The smallest absolute Gasteiger partial charge is 0.341 e. The highest BCUT2D eigenvalue weighted by molar-refractivity contribution is 7.17. The van der Waals surface area contributed by atoms with Crippen molar-refractivity contribution in [2.45, 2.75) is 32.7 Å². The van der Waals surface area contributed by atoms with Gasteiger partial charge in [0.25, 0.3) is 5.91 Å². The van der Waals surface area contributed by atoms with Crippen LogP contribution >= 0.6 is 11.3 Å². The number of quaternary nitrogens is 2. The Hall–Kier alpha value is -2.22. The number of likely N-dealkylation sites (tertiary alicyclic amines) is 1. The number of esters is 1. The molecular formula is C23H33N3O3S+2. The Morgan fingerprint density at radius 3 is 2.47 bits per heavy atom. The van der Waals surface area contributed by atoms with Crippen molar-refractivity contribution in [2.24, 2.45) is 0 Å². The summed E-state index contributed by atoms with van der Waals surface area (Å²) in [4.78, 5) is 29.4. The van der Waals surface area contributed by atoms with E-state index in [0.717, 1.165) is 35.6 Å². The van der Waals surface area contributed by atoms with Gasteiger partial charge in [-0.1, -0.05) is 30.3 Å². The minimum Gasteiger partial charge on any atom is -0.462 e. The van der Waals surface area contributed by atoms with Gasteiger partial charge in [0.2, 0.25) is 0 Å². The Kier molecular flexibility index (Phi) is 8.01. The number of rotatable bonds is 8. The van der Waals surface area contributed by atoms with E-state index in [2.05, 4.69) is 19.4 Å². The van der Waals surface area contributed by atoms with Crippen LogP contribution in [0.25, 0.3) is 11.1 Å². The lowest BCUT2D eigenvalue weighted by atomic mass is 10.0. The Bertz CT molecular complexity index is 858. The van der Waals surface area contributed by atoms with E-state index in [-0.39, 0.29) is 11.9 Å². The first-order chi connectivity index (χ1) is 14.5. The van der Waals surface area contributed by atoms with Gasteiger partial charge in [0.1, 0.15) is 17.1 Å². The van der Waals surface area contributed by atoms with Gasteiger partial charge in [-0.05, 0) is 31.7 Å². The van der Waals surface area contributed by atoms with Crippen molar-refractivity contribution in [3.05, 3.63) is 40.8 Å². The fourth-order valence-corrected chi connectivity index (χ4v) is 5.33. The fourth-order valence-electron chi connectivity index (χ4n) is 3.95. The molecule has 30 heavy (non-hydrogen) atoms. The first-order valence-electron chi connectivity index (χ1n) is 10.8. The van der Waals surface area contributed by atoms with Crippen LogP contribution in [0.15, 0.2) is 30.3 Å². The standard InChI is InChI=1S/C23H31N3O3S/c1-4-29-23(28)21-20(17-11-7-5-8-12-17)18(15-25(2)3)30-22(21)24-19(27)16-26-13-9-6-10-14-26/h5,7-8,11-12H,4,6,9-10,13-16H2,1-3H3,(H,24,27)/p+2. The predicted octanol–water partition coefficient (Wildman–Crippen LogP) is 1.24. The van der Waals surface area contributed by atoms with Crippen molar-refractivity contribution >= 4 is 28.2 Å². The van der Waals surface area contributed by atoms with Crippen LogP contribution in [0.1, 0.15) is 41.4 Å². The van der Waals surface area contributed by atoms with Crippen LogP contribution in [-0.2, 0) is 16.1 Å². The molecule has 2 aromatic rings. The summed E-state index contributed by atoms with van der Waals surface area (Å²) in [6.07, 6.45) is 3.59. The largest absolute Gasteiger partial charge is 0.462 e. The molecule has 1 saturated heterocycles. The van der Waals surface area contributed by atoms with E-state index in [9.17, 15) is 9.59 Å². The zero-order valence-electron chi connectivity index (χ0n) is 18.2. The second kappa shape index (κ2) is 10.7. The van der Waals surface area contributed by atoms with Crippen molar-refractivity contribution < 1.29 is 24.1 Å². The van der Waals surface area contributed by atoms with Crippen molar-refractivity contribution in [3.8, 4) is 11.1 Å². The predicted molar refractivity (Wildman–Crippen MR) is 120 cm³/mol. The molecular weight excluding hydrogens is 398 g/mol.